The van der Waals surface area contributed by atoms with Crippen molar-refractivity contribution in [2.45, 2.75) is 19.8 Å². The molecule has 1 aromatic heterocycles. The fourth-order valence-electron chi connectivity index (χ4n) is 2.57. The Morgan fingerprint density at radius 2 is 1.88 bits per heavy atom. The molecule has 2 N–H and O–H groups in total. The Balaban J connectivity index is 1.54. The van der Waals surface area contributed by atoms with Crippen LogP contribution in [-0.4, -0.2) is 10.9 Å². The van der Waals surface area contributed by atoms with E-state index in [2.05, 4.69) is 15.6 Å². The van der Waals surface area contributed by atoms with Crippen molar-refractivity contribution in [3.05, 3.63) is 83.0 Å². The highest BCUT2D eigenvalue weighted by Crippen LogP contribution is 2.23. The lowest BCUT2D eigenvalue weighted by atomic mass is 10.1. The second kappa shape index (κ2) is 8.50. The molecule has 3 rings (SSSR count). The summed E-state index contributed by atoms with van der Waals surface area (Å²) in [6, 6.07) is 19.3. The molecule has 0 aliphatic rings. The van der Waals surface area contributed by atoms with Crippen LogP contribution < -0.4 is 10.6 Å². The maximum Gasteiger partial charge on any atom is 0.224 e. The number of hydrogen-bond donors (Lipinski definition) is 2. The first-order valence-corrected chi connectivity index (χ1v) is 8.81. The largest absolute Gasteiger partial charge is 0.340 e. The summed E-state index contributed by atoms with van der Waals surface area (Å²) in [4.78, 5) is 16.4. The van der Waals surface area contributed by atoms with Crippen LogP contribution in [0, 0.1) is 6.92 Å². The minimum absolute atomic E-state index is 0.0232. The first-order valence-electron chi connectivity index (χ1n) is 8.43. The molecular formula is C21H20ClN3O. The summed E-state index contributed by atoms with van der Waals surface area (Å²) in [6.07, 6.45) is 2.80. The normalized spacial score (nSPS) is 10.4. The fraction of sp³-hybridized carbons (Fsp3) is 0.143. The fourth-order valence-corrected chi connectivity index (χ4v) is 2.80. The third kappa shape index (κ3) is 5.07. The zero-order chi connectivity index (χ0) is 18.4. The highest BCUT2D eigenvalue weighted by molar-refractivity contribution is 6.30. The van der Waals surface area contributed by atoms with E-state index in [1.54, 1.807) is 6.20 Å². The predicted molar refractivity (Wildman–Crippen MR) is 107 cm³/mol. The van der Waals surface area contributed by atoms with Gasteiger partial charge in [0.2, 0.25) is 5.91 Å². The van der Waals surface area contributed by atoms with Crippen molar-refractivity contribution in [2.75, 3.05) is 10.6 Å². The molecule has 2 aromatic carbocycles. The van der Waals surface area contributed by atoms with Gasteiger partial charge in [-0.1, -0.05) is 41.9 Å². The SMILES string of the molecule is Cc1cc(Cl)ccc1Nc1ccc(NC(=O)CCc2ccccc2)cn1. The molecule has 4 nitrogen and oxygen atoms in total. The maximum atomic E-state index is 12.1. The van der Waals surface area contributed by atoms with Crippen molar-refractivity contribution in [1.29, 1.82) is 0 Å². The third-order valence-corrected chi connectivity index (χ3v) is 4.22. The number of pyridine rings is 1. The van der Waals surface area contributed by atoms with E-state index in [1.165, 1.54) is 0 Å². The summed E-state index contributed by atoms with van der Waals surface area (Å²) in [6.45, 7) is 1.98. The van der Waals surface area contributed by atoms with Gasteiger partial charge in [-0.15, -0.1) is 0 Å². The Hall–Kier alpha value is -2.85. The van der Waals surface area contributed by atoms with E-state index in [0.29, 0.717) is 22.9 Å². The highest BCUT2D eigenvalue weighted by atomic mass is 35.5. The number of benzene rings is 2. The van der Waals surface area contributed by atoms with Crippen molar-refractivity contribution in [2.24, 2.45) is 0 Å². The van der Waals surface area contributed by atoms with E-state index in [-0.39, 0.29) is 5.91 Å². The molecule has 0 unspecified atom stereocenters. The average Bonchev–Trinajstić information content (AvgIpc) is 2.65. The monoisotopic (exact) mass is 365 g/mol. The van der Waals surface area contributed by atoms with Gasteiger partial charge in [-0.3, -0.25) is 4.79 Å². The Bertz CT molecular complexity index is 880. The van der Waals surface area contributed by atoms with Crippen molar-refractivity contribution < 1.29 is 4.79 Å². The number of aromatic nitrogens is 1. The second-order valence-electron chi connectivity index (χ2n) is 6.05. The smallest absolute Gasteiger partial charge is 0.224 e. The van der Waals surface area contributed by atoms with Gasteiger partial charge < -0.3 is 10.6 Å². The number of rotatable bonds is 6. The lowest BCUT2D eigenvalue weighted by molar-refractivity contribution is -0.116. The van der Waals surface area contributed by atoms with Crippen LogP contribution in [-0.2, 0) is 11.2 Å². The number of anilines is 3. The van der Waals surface area contributed by atoms with Crippen LogP contribution in [0.2, 0.25) is 5.02 Å². The van der Waals surface area contributed by atoms with Gasteiger partial charge in [-0.2, -0.15) is 0 Å². The molecule has 5 heteroatoms. The summed E-state index contributed by atoms with van der Waals surface area (Å²) in [5, 5.41) is 6.82. The molecule has 0 bridgehead atoms. The number of halogens is 1. The van der Waals surface area contributed by atoms with Gasteiger partial charge in [0.1, 0.15) is 5.82 Å². The molecule has 0 saturated carbocycles. The molecule has 0 atom stereocenters. The molecule has 0 spiro atoms. The van der Waals surface area contributed by atoms with E-state index >= 15 is 0 Å². The van der Waals surface area contributed by atoms with Crippen molar-refractivity contribution in [1.82, 2.24) is 4.98 Å². The van der Waals surface area contributed by atoms with Gasteiger partial charge in [0.05, 0.1) is 11.9 Å². The molecule has 0 aliphatic heterocycles. The van der Waals surface area contributed by atoms with Crippen molar-refractivity contribution in [3.8, 4) is 0 Å². The van der Waals surface area contributed by atoms with E-state index < -0.39 is 0 Å². The van der Waals surface area contributed by atoms with Crippen LogP contribution in [0.3, 0.4) is 0 Å². The zero-order valence-corrected chi connectivity index (χ0v) is 15.3. The third-order valence-electron chi connectivity index (χ3n) is 3.98. The molecule has 0 saturated heterocycles. The molecule has 0 aliphatic carbocycles. The number of nitrogens with one attached hydrogen (secondary N) is 2. The van der Waals surface area contributed by atoms with Crippen molar-refractivity contribution in [3.63, 3.8) is 0 Å². The van der Waals surface area contributed by atoms with Gasteiger partial charge in [0, 0.05) is 17.1 Å². The van der Waals surface area contributed by atoms with Gasteiger partial charge in [-0.25, -0.2) is 4.98 Å². The van der Waals surface area contributed by atoms with Crippen LogP contribution in [0.4, 0.5) is 17.2 Å². The molecule has 1 amide bonds. The first-order chi connectivity index (χ1) is 12.6. The van der Waals surface area contributed by atoms with Crippen LogP contribution in [0.25, 0.3) is 0 Å². The Kier molecular flexibility index (Phi) is 5.87. The molecule has 3 aromatic rings. The lowest BCUT2D eigenvalue weighted by Crippen LogP contribution is -2.12. The number of hydrogen-bond acceptors (Lipinski definition) is 3. The molecular weight excluding hydrogens is 346 g/mol. The highest BCUT2D eigenvalue weighted by Gasteiger charge is 2.05. The maximum absolute atomic E-state index is 12.1. The Morgan fingerprint density at radius 3 is 2.58 bits per heavy atom. The minimum Gasteiger partial charge on any atom is -0.340 e. The van der Waals surface area contributed by atoms with Crippen LogP contribution in [0.15, 0.2) is 66.9 Å². The minimum atomic E-state index is -0.0232. The summed E-state index contributed by atoms with van der Waals surface area (Å²) in [7, 11) is 0. The van der Waals surface area contributed by atoms with E-state index in [4.69, 9.17) is 11.6 Å². The zero-order valence-electron chi connectivity index (χ0n) is 14.5. The van der Waals surface area contributed by atoms with Crippen LogP contribution >= 0.6 is 11.6 Å². The van der Waals surface area contributed by atoms with Gasteiger partial charge in [0.15, 0.2) is 0 Å². The quantitative estimate of drug-likeness (QED) is 0.618. The van der Waals surface area contributed by atoms with Gasteiger partial charge >= 0.3 is 0 Å². The average molecular weight is 366 g/mol. The van der Waals surface area contributed by atoms with E-state index in [0.717, 1.165) is 23.2 Å². The first kappa shape index (κ1) is 18.0. The number of nitrogens with zero attached hydrogens (tertiary/aromatic N) is 1. The molecule has 1 heterocycles. The number of amides is 1. The molecule has 26 heavy (non-hydrogen) atoms. The predicted octanol–water partition coefficient (Wildman–Crippen LogP) is 5.36. The standard InChI is InChI=1S/C21H20ClN3O/c1-15-13-17(22)8-10-19(15)25-20-11-9-18(14-23-20)24-21(26)12-7-16-5-3-2-4-6-16/h2-6,8-11,13-14H,7,12H2,1H3,(H,23,25)(H,24,26). The molecule has 132 valence electrons. The van der Waals surface area contributed by atoms with Crippen LogP contribution in [0.5, 0.6) is 0 Å². The molecule has 0 radical (unpaired) electrons. The summed E-state index contributed by atoms with van der Waals surface area (Å²) >= 11 is 5.97. The summed E-state index contributed by atoms with van der Waals surface area (Å²) in [5.74, 6) is 0.683. The van der Waals surface area contributed by atoms with Crippen LogP contribution in [0.1, 0.15) is 17.5 Å². The summed E-state index contributed by atoms with van der Waals surface area (Å²) < 4.78 is 0. The topological polar surface area (TPSA) is 54.0 Å². The Morgan fingerprint density at radius 1 is 1.08 bits per heavy atom. The second-order valence-corrected chi connectivity index (χ2v) is 6.49. The van der Waals surface area contributed by atoms with E-state index in [1.807, 2.05) is 67.6 Å². The van der Waals surface area contributed by atoms with Gasteiger partial charge in [0.25, 0.3) is 0 Å². The number of carbonyl (C=O) groups excluding carboxylic acids is 1. The lowest BCUT2D eigenvalue weighted by Gasteiger charge is -2.10. The van der Waals surface area contributed by atoms with Crippen molar-refractivity contribution >= 4 is 34.7 Å². The van der Waals surface area contributed by atoms with E-state index in [9.17, 15) is 4.79 Å². The van der Waals surface area contributed by atoms with Gasteiger partial charge in [-0.05, 0) is 54.8 Å². The number of carbonyl (C=O) groups is 1. The Labute approximate surface area is 158 Å². The summed E-state index contributed by atoms with van der Waals surface area (Å²) in [5.41, 5.74) is 3.82. The number of aryl methyl sites for hydroxylation is 2. The molecule has 0 fully saturated rings.